The van der Waals surface area contributed by atoms with Gasteiger partial charge in [-0.3, -0.25) is 9.59 Å². The molecular formula is C15H18O4S2. The van der Waals surface area contributed by atoms with Gasteiger partial charge in [0.15, 0.2) is 10.2 Å². The van der Waals surface area contributed by atoms with Gasteiger partial charge in [0.25, 0.3) is 0 Å². The summed E-state index contributed by atoms with van der Waals surface area (Å²) in [6, 6.07) is 9.18. The number of hydrogen-bond acceptors (Lipinski definition) is 6. The molecule has 21 heavy (non-hydrogen) atoms. The van der Waals surface area contributed by atoms with Gasteiger partial charge in [-0.2, -0.15) is 0 Å². The monoisotopic (exact) mass is 326 g/mol. The summed E-state index contributed by atoms with van der Waals surface area (Å²) < 4.78 is 0. The maximum Gasteiger partial charge on any atom is 0.197 e. The highest BCUT2D eigenvalue weighted by molar-refractivity contribution is 8.15. The van der Waals surface area contributed by atoms with Crippen molar-refractivity contribution in [1.82, 2.24) is 0 Å². The van der Waals surface area contributed by atoms with Gasteiger partial charge in [-0.15, -0.1) is 0 Å². The van der Waals surface area contributed by atoms with Gasteiger partial charge in [-0.1, -0.05) is 41.7 Å². The molecule has 0 radical (unpaired) electrons. The molecule has 2 rings (SSSR count). The lowest BCUT2D eigenvalue weighted by Crippen LogP contribution is -2.16. The number of rotatable bonds is 7. The number of benzene rings is 1. The number of thioether (sulfide) groups is 2. The molecule has 1 aliphatic carbocycles. The van der Waals surface area contributed by atoms with Crippen molar-refractivity contribution in [2.75, 3.05) is 0 Å². The summed E-state index contributed by atoms with van der Waals surface area (Å²) in [6.45, 7) is 0. The lowest BCUT2D eigenvalue weighted by atomic mass is 10.2. The van der Waals surface area contributed by atoms with E-state index in [4.69, 9.17) is 0 Å². The van der Waals surface area contributed by atoms with Gasteiger partial charge in [0, 0.05) is 11.3 Å². The van der Waals surface area contributed by atoms with E-state index in [-0.39, 0.29) is 29.0 Å². The van der Waals surface area contributed by atoms with Crippen LogP contribution in [0.1, 0.15) is 25.7 Å². The zero-order chi connectivity index (χ0) is 15.2. The maximum absolute atomic E-state index is 11.8. The van der Waals surface area contributed by atoms with Crippen molar-refractivity contribution >= 4 is 33.8 Å². The molecule has 1 fully saturated rings. The van der Waals surface area contributed by atoms with Gasteiger partial charge in [-0.25, -0.2) is 0 Å². The molecule has 6 heteroatoms. The molecule has 0 amide bonds. The van der Waals surface area contributed by atoms with E-state index in [2.05, 4.69) is 0 Å². The highest BCUT2D eigenvalue weighted by Gasteiger charge is 2.31. The first-order valence-corrected chi connectivity index (χ1v) is 8.55. The maximum atomic E-state index is 11.8. The summed E-state index contributed by atoms with van der Waals surface area (Å²) in [5.74, 6) is 0.238. The second kappa shape index (κ2) is 7.98. The van der Waals surface area contributed by atoms with E-state index in [1.54, 1.807) is 0 Å². The number of carbonyl (C=O) groups is 2. The highest BCUT2D eigenvalue weighted by atomic mass is 32.2. The van der Waals surface area contributed by atoms with Gasteiger partial charge in [0.1, 0.15) is 5.44 Å². The smallest absolute Gasteiger partial charge is 0.197 e. The molecule has 1 aliphatic rings. The molecule has 0 aromatic heterocycles. The minimum atomic E-state index is -1.05. The Morgan fingerprint density at radius 1 is 1.10 bits per heavy atom. The van der Waals surface area contributed by atoms with E-state index in [9.17, 15) is 19.8 Å². The Morgan fingerprint density at radius 3 is 2.38 bits per heavy atom. The predicted octanol–water partition coefficient (Wildman–Crippen LogP) is 2.43. The van der Waals surface area contributed by atoms with E-state index in [1.165, 1.54) is 0 Å². The van der Waals surface area contributed by atoms with Crippen molar-refractivity contribution in [2.24, 2.45) is 5.92 Å². The van der Waals surface area contributed by atoms with Crippen LogP contribution < -0.4 is 0 Å². The second-order valence-electron chi connectivity index (χ2n) is 5.04. The molecule has 1 aromatic rings. The molecular weight excluding hydrogens is 308 g/mol. The van der Waals surface area contributed by atoms with Crippen LogP contribution in [0, 0.1) is 5.92 Å². The number of aliphatic hydroxyl groups is 2. The molecule has 0 aliphatic heterocycles. The third-order valence-corrected chi connectivity index (χ3v) is 4.90. The summed E-state index contributed by atoms with van der Waals surface area (Å²) in [7, 11) is 0. The molecule has 0 bridgehead atoms. The average Bonchev–Trinajstić information content (AvgIpc) is 3.23. The van der Waals surface area contributed by atoms with Crippen molar-refractivity contribution in [3.8, 4) is 0 Å². The van der Waals surface area contributed by atoms with Crippen molar-refractivity contribution in [2.45, 2.75) is 42.1 Å². The molecule has 114 valence electrons. The topological polar surface area (TPSA) is 74.6 Å². The summed E-state index contributed by atoms with van der Waals surface area (Å²) in [5.41, 5.74) is -1.05. The predicted molar refractivity (Wildman–Crippen MR) is 83.9 cm³/mol. The van der Waals surface area contributed by atoms with Crippen LogP contribution in [0.2, 0.25) is 0 Å². The Labute approximate surface area is 132 Å². The normalized spacial score (nSPS) is 17.2. The average molecular weight is 326 g/mol. The molecule has 0 spiro atoms. The Morgan fingerprint density at radius 2 is 1.76 bits per heavy atom. The van der Waals surface area contributed by atoms with Crippen molar-refractivity contribution < 1.29 is 19.8 Å². The lowest BCUT2D eigenvalue weighted by molar-refractivity contribution is -0.113. The SMILES string of the molecule is O=C(CC(O)SC(=O)CC(O)C1CC1)Sc1ccccc1. The number of carbonyl (C=O) groups excluding carboxylic acids is 2. The Balaban J connectivity index is 1.69. The molecule has 2 unspecified atom stereocenters. The Hall–Kier alpha value is -0.820. The zero-order valence-electron chi connectivity index (χ0n) is 11.5. The van der Waals surface area contributed by atoms with Crippen LogP contribution in [0.5, 0.6) is 0 Å². The largest absolute Gasteiger partial charge is 0.392 e. The second-order valence-corrected chi connectivity index (χ2v) is 7.41. The molecule has 2 atom stereocenters. The molecule has 0 saturated heterocycles. The fourth-order valence-corrected chi connectivity index (χ4v) is 3.57. The van der Waals surface area contributed by atoms with Crippen LogP contribution in [0.3, 0.4) is 0 Å². The molecule has 0 heterocycles. The van der Waals surface area contributed by atoms with Gasteiger partial charge < -0.3 is 10.2 Å². The van der Waals surface area contributed by atoms with Crippen LogP contribution in [0.25, 0.3) is 0 Å². The molecule has 1 aromatic carbocycles. The number of aliphatic hydroxyl groups excluding tert-OH is 2. The summed E-state index contributed by atoms with van der Waals surface area (Å²) in [5, 5.41) is 19.0. The minimum Gasteiger partial charge on any atom is -0.392 e. The van der Waals surface area contributed by atoms with Gasteiger partial charge in [0.2, 0.25) is 0 Å². The summed E-state index contributed by atoms with van der Waals surface area (Å²) in [6.07, 6.45) is 1.29. The third kappa shape index (κ3) is 6.22. The standard InChI is InChI=1S/C15H18O4S2/c16-12(10-6-7-10)8-13(17)21-15(19)9-14(18)20-11-4-2-1-3-5-11/h1-5,10,12,15-16,19H,6-9H2. The fourth-order valence-electron chi connectivity index (χ4n) is 1.86. The first-order valence-electron chi connectivity index (χ1n) is 6.86. The third-order valence-electron chi connectivity index (χ3n) is 3.13. The van der Waals surface area contributed by atoms with E-state index in [0.29, 0.717) is 0 Å². The quantitative estimate of drug-likeness (QED) is 0.592. The Kier molecular flexibility index (Phi) is 6.29. The van der Waals surface area contributed by atoms with Crippen LogP contribution in [-0.2, 0) is 9.59 Å². The summed E-state index contributed by atoms with van der Waals surface area (Å²) >= 11 is 1.79. The van der Waals surface area contributed by atoms with Crippen molar-refractivity contribution in [3.63, 3.8) is 0 Å². The van der Waals surface area contributed by atoms with Crippen LogP contribution in [-0.4, -0.2) is 32.0 Å². The molecule has 2 N–H and O–H groups in total. The Bertz CT molecular complexity index is 488. The first-order chi connectivity index (χ1) is 10.0. The van der Waals surface area contributed by atoms with E-state index in [0.717, 1.165) is 41.3 Å². The van der Waals surface area contributed by atoms with Gasteiger partial charge in [-0.05, 0) is 30.9 Å². The van der Waals surface area contributed by atoms with E-state index >= 15 is 0 Å². The summed E-state index contributed by atoms with van der Waals surface area (Å²) in [4.78, 5) is 24.2. The van der Waals surface area contributed by atoms with E-state index in [1.807, 2.05) is 30.3 Å². The van der Waals surface area contributed by atoms with Crippen LogP contribution in [0.15, 0.2) is 35.2 Å². The highest BCUT2D eigenvalue weighted by Crippen LogP contribution is 2.35. The minimum absolute atomic E-state index is 0.0480. The van der Waals surface area contributed by atoms with Gasteiger partial charge in [0.05, 0.1) is 12.5 Å². The van der Waals surface area contributed by atoms with E-state index < -0.39 is 11.5 Å². The zero-order valence-corrected chi connectivity index (χ0v) is 13.1. The molecule has 1 saturated carbocycles. The van der Waals surface area contributed by atoms with Gasteiger partial charge >= 0.3 is 0 Å². The number of hydrogen-bond donors (Lipinski definition) is 2. The fraction of sp³-hybridized carbons (Fsp3) is 0.467. The van der Waals surface area contributed by atoms with Crippen molar-refractivity contribution in [3.05, 3.63) is 30.3 Å². The van der Waals surface area contributed by atoms with Crippen LogP contribution >= 0.6 is 23.5 Å². The van der Waals surface area contributed by atoms with Crippen molar-refractivity contribution in [1.29, 1.82) is 0 Å². The first kappa shape index (κ1) is 16.5. The molecule has 4 nitrogen and oxygen atoms in total. The van der Waals surface area contributed by atoms with Crippen LogP contribution in [0.4, 0.5) is 0 Å². The lowest BCUT2D eigenvalue weighted by Gasteiger charge is -2.11.